The lowest BCUT2D eigenvalue weighted by Crippen LogP contribution is -2.69. The van der Waals surface area contributed by atoms with Crippen LogP contribution in [0.4, 0.5) is 0 Å². The standard InChI is InChI=1S/C21H41N5O7/c1-4-26-13-7-12(24)16(32-20-15(28)18(25-3)21(2,29)9-30-20)14(27)17(13)33-19-11(23)6-5-10(8-22)31-19/h5,11-20,25-29H,4,6-9,22-24H2,1-3H3/t11-,12-,13+,14-,15-,16+,17-,18-,19-,20-,21+/m1/s1. The average Bonchev–Trinajstić information content (AvgIpc) is 2.76. The van der Waals surface area contributed by atoms with Gasteiger partial charge in [0.15, 0.2) is 6.29 Å². The SMILES string of the molecule is CCN[C@H]1C[C@@H](N)[C@H](O[C@H]2OC[C@](C)(O)[C@H](NC)[C@H]2O)[C@@H](O)[C@@H]1O[C@H]1OC(CN)=CC[C@H]1N. The summed E-state index contributed by atoms with van der Waals surface area (Å²) in [6.07, 6.45) is -3.05. The highest BCUT2D eigenvalue weighted by molar-refractivity contribution is 5.05. The third-order valence-electron chi connectivity index (χ3n) is 6.64. The molecule has 0 spiro atoms. The third kappa shape index (κ3) is 5.85. The second-order valence-electron chi connectivity index (χ2n) is 9.31. The number of ether oxygens (including phenoxy) is 4. The highest BCUT2D eigenvalue weighted by Gasteiger charge is 2.51. The molecule has 0 bridgehead atoms. The van der Waals surface area contributed by atoms with Crippen LogP contribution in [0.1, 0.15) is 26.7 Å². The maximum Gasteiger partial charge on any atom is 0.215 e. The van der Waals surface area contributed by atoms with Gasteiger partial charge in [0.25, 0.3) is 0 Å². The molecule has 33 heavy (non-hydrogen) atoms. The van der Waals surface area contributed by atoms with E-state index in [1.165, 1.54) is 0 Å². The summed E-state index contributed by atoms with van der Waals surface area (Å²) in [6, 6.07) is -1.95. The van der Waals surface area contributed by atoms with Crippen molar-refractivity contribution in [2.45, 2.75) is 93.5 Å². The zero-order valence-corrected chi connectivity index (χ0v) is 19.6. The van der Waals surface area contributed by atoms with Crippen LogP contribution >= 0.6 is 0 Å². The van der Waals surface area contributed by atoms with E-state index in [0.717, 1.165) is 0 Å². The van der Waals surface area contributed by atoms with Gasteiger partial charge in [-0.05, 0) is 39.4 Å². The van der Waals surface area contributed by atoms with Gasteiger partial charge in [-0.15, -0.1) is 0 Å². The number of nitrogens with one attached hydrogen (secondary N) is 2. The van der Waals surface area contributed by atoms with Crippen molar-refractivity contribution in [1.29, 1.82) is 0 Å². The molecular weight excluding hydrogens is 434 g/mol. The molecule has 11 atom stereocenters. The van der Waals surface area contributed by atoms with Gasteiger partial charge in [0.2, 0.25) is 6.29 Å². The number of hydrogen-bond acceptors (Lipinski definition) is 12. The van der Waals surface area contributed by atoms with E-state index in [4.69, 9.17) is 36.1 Å². The Kier molecular flexibility index (Phi) is 9.08. The molecule has 11 N–H and O–H groups in total. The molecule has 12 heteroatoms. The van der Waals surface area contributed by atoms with Crippen LogP contribution in [-0.2, 0) is 18.9 Å². The third-order valence-corrected chi connectivity index (χ3v) is 6.64. The van der Waals surface area contributed by atoms with Gasteiger partial charge in [0.05, 0.1) is 25.2 Å². The molecule has 2 fully saturated rings. The first-order valence-electron chi connectivity index (χ1n) is 11.6. The summed E-state index contributed by atoms with van der Waals surface area (Å²) >= 11 is 0. The van der Waals surface area contributed by atoms with Crippen LogP contribution in [0, 0.1) is 0 Å². The van der Waals surface area contributed by atoms with Crippen LogP contribution in [0.3, 0.4) is 0 Å². The Morgan fingerprint density at radius 1 is 1.15 bits per heavy atom. The van der Waals surface area contributed by atoms with E-state index >= 15 is 0 Å². The molecule has 12 nitrogen and oxygen atoms in total. The smallest absolute Gasteiger partial charge is 0.215 e. The first-order valence-corrected chi connectivity index (χ1v) is 11.6. The van der Waals surface area contributed by atoms with E-state index in [2.05, 4.69) is 10.6 Å². The molecule has 0 amide bonds. The topological polar surface area (TPSA) is 200 Å². The van der Waals surface area contributed by atoms with Crippen molar-refractivity contribution in [1.82, 2.24) is 10.6 Å². The molecule has 3 rings (SSSR count). The summed E-state index contributed by atoms with van der Waals surface area (Å²) in [4.78, 5) is 0. The molecule has 1 aliphatic carbocycles. The van der Waals surface area contributed by atoms with E-state index in [-0.39, 0.29) is 19.2 Å². The van der Waals surface area contributed by atoms with Crippen molar-refractivity contribution in [3.8, 4) is 0 Å². The van der Waals surface area contributed by atoms with Gasteiger partial charge in [0, 0.05) is 12.1 Å². The molecule has 1 saturated heterocycles. The Hall–Kier alpha value is -0.900. The van der Waals surface area contributed by atoms with Crippen molar-refractivity contribution < 1.29 is 34.3 Å². The van der Waals surface area contributed by atoms with Crippen molar-refractivity contribution in [2.24, 2.45) is 17.2 Å². The predicted octanol–water partition coefficient (Wildman–Crippen LogP) is -3.20. The van der Waals surface area contributed by atoms with Crippen molar-refractivity contribution in [3.63, 3.8) is 0 Å². The highest BCUT2D eigenvalue weighted by atomic mass is 16.7. The number of nitrogens with two attached hydrogens (primary N) is 3. The predicted molar refractivity (Wildman–Crippen MR) is 120 cm³/mol. The molecule has 1 saturated carbocycles. The van der Waals surface area contributed by atoms with E-state index in [1.807, 2.05) is 13.0 Å². The van der Waals surface area contributed by atoms with E-state index < -0.39 is 60.7 Å². The summed E-state index contributed by atoms with van der Waals surface area (Å²) in [5, 5.41) is 38.7. The highest BCUT2D eigenvalue weighted by Crippen LogP contribution is 2.31. The number of aliphatic hydroxyl groups excluding tert-OH is 2. The van der Waals surface area contributed by atoms with Crippen LogP contribution in [0.25, 0.3) is 0 Å². The molecule has 0 aromatic rings. The lowest BCUT2D eigenvalue weighted by molar-refractivity contribution is -0.303. The largest absolute Gasteiger partial charge is 0.467 e. The molecule has 2 aliphatic heterocycles. The fraction of sp³-hybridized carbons (Fsp3) is 0.905. The van der Waals surface area contributed by atoms with Crippen LogP contribution < -0.4 is 27.8 Å². The molecular formula is C21H41N5O7. The Balaban J connectivity index is 1.75. The molecule has 0 aromatic heterocycles. The van der Waals surface area contributed by atoms with Crippen molar-refractivity contribution in [3.05, 3.63) is 11.8 Å². The monoisotopic (exact) mass is 475 g/mol. The second kappa shape index (κ2) is 11.2. The first-order chi connectivity index (χ1) is 15.6. The minimum atomic E-state index is -1.29. The summed E-state index contributed by atoms with van der Waals surface area (Å²) < 4.78 is 23.6. The van der Waals surface area contributed by atoms with Crippen LogP contribution in [0.15, 0.2) is 11.8 Å². The number of aliphatic hydroxyl groups is 3. The fourth-order valence-electron chi connectivity index (χ4n) is 4.86. The minimum absolute atomic E-state index is 0.0583. The zero-order chi connectivity index (χ0) is 24.3. The number of hydrogen-bond donors (Lipinski definition) is 8. The van der Waals surface area contributed by atoms with Gasteiger partial charge in [-0.3, -0.25) is 0 Å². The molecule has 0 unspecified atom stereocenters. The minimum Gasteiger partial charge on any atom is -0.467 e. The maximum absolute atomic E-state index is 11.3. The number of rotatable bonds is 8. The molecule has 0 radical (unpaired) electrons. The number of likely N-dealkylation sites (N-methyl/N-ethyl adjacent to an activating group) is 2. The van der Waals surface area contributed by atoms with E-state index in [0.29, 0.717) is 25.1 Å². The van der Waals surface area contributed by atoms with Gasteiger partial charge in [-0.2, -0.15) is 0 Å². The average molecular weight is 476 g/mol. The summed E-state index contributed by atoms with van der Waals surface area (Å²) in [5.74, 6) is 0.584. The van der Waals surface area contributed by atoms with Gasteiger partial charge in [0.1, 0.15) is 35.8 Å². The lowest BCUT2D eigenvalue weighted by atomic mass is 9.83. The summed E-state index contributed by atoms with van der Waals surface area (Å²) in [5.41, 5.74) is 17.0. The Bertz CT molecular complexity index is 669. The summed E-state index contributed by atoms with van der Waals surface area (Å²) in [6.45, 7) is 4.32. The van der Waals surface area contributed by atoms with Crippen LogP contribution in [0.2, 0.25) is 0 Å². The zero-order valence-electron chi connectivity index (χ0n) is 19.6. The summed E-state index contributed by atoms with van der Waals surface area (Å²) in [7, 11) is 1.63. The normalized spacial score (nSPS) is 46.5. The van der Waals surface area contributed by atoms with Crippen molar-refractivity contribution >= 4 is 0 Å². The molecule has 0 aromatic carbocycles. The lowest BCUT2D eigenvalue weighted by Gasteiger charge is -2.48. The van der Waals surface area contributed by atoms with Gasteiger partial charge >= 0.3 is 0 Å². The van der Waals surface area contributed by atoms with Gasteiger partial charge < -0.3 is 62.1 Å². The Labute approximate surface area is 194 Å². The van der Waals surface area contributed by atoms with Gasteiger partial charge in [-0.25, -0.2) is 0 Å². The van der Waals surface area contributed by atoms with Crippen molar-refractivity contribution in [2.75, 3.05) is 26.7 Å². The van der Waals surface area contributed by atoms with E-state index in [9.17, 15) is 15.3 Å². The Morgan fingerprint density at radius 3 is 2.48 bits per heavy atom. The van der Waals surface area contributed by atoms with Crippen LogP contribution in [0.5, 0.6) is 0 Å². The fourth-order valence-corrected chi connectivity index (χ4v) is 4.86. The quantitative estimate of drug-likeness (QED) is 0.175. The first kappa shape index (κ1) is 26.7. The van der Waals surface area contributed by atoms with Crippen LogP contribution in [-0.4, -0.2) is 109 Å². The maximum atomic E-state index is 11.3. The van der Waals surface area contributed by atoms with Gasteiger partial charge in [-0.1, -0.05) is 6.92 Å². The molecule has 192 valence electrons. The Morgan fingerprint density at radius 2 is 1.85 bits per heavy atom. The molecule has 3 aliphatic rings. The molecule has 2 heterocycles. The van der Waals surface area contributed by atoms with E-state index in [1.54, 1.807) is 14.0 Å². The second-order valence-corrected chi connectivity index (χ2v) is 9.31.